The minimum absolute atomic E-state index is 0.201. The summed E-state index contributed by atoms with van der Waals surface area (Å²) in [6, 6.07) is 8.80. The van der Waals surface area contributed by atoms with Crippen LogP contribution < -0.4 is 10.6 Å². The van der Waals surface area contributed by atoms with Crippen LogP contribution in [0, 0.1) is 17.8 Å². The van der Waals surface area contributed by atoms with Crippen molar-refractivity contribution in [2.45, 2.75) is 38.5 Å². The zero-order chi connectivity index (χ0) is 17.2. The summed E-state index contributed by atoms with van der Waals surface area (Å²) in [5, 5.41) is 0. The number of para-hydroxylation sites is 1. The second kappa shape index (κ2) is 7.36. The van der Waals surface area contributed by atoms with E-state index in [0.29, 0.717) is 24.3 Å². The molecule has 1 aliphatic carbocycles. The molecule has 3 aliphatic rings. The maximum atomic E-state index is 12.8. The number of fused-ring (bicyclic) bond motifs is 1. The van der Waals surface area contributed by atoms with Gasteiger partial charge in [-0.2, -0.15) is 0 Å². The van der Waals surface area contributed by atoms with Crippen LogP contribution in [0.5, 0.6) is 0 Å². The van der Waals surface area contributed by atoms with E-state index in [4.69, 9.17) is 5.73 Å². The number of nitrogens with two attached hydrogens (primary N) is 1. The molecule has 2 heterocycles. The molecule has 136 valence electrons. The molecule has 25 heavy (non-hydrogen) atoms. The largest absolute Gasteiger partial charge is 0.371 e. The monoisotopic (exact) mass is 341 g/mol. The first kappa shape index (κ1) is 16.9. The molecule has 1 aromatic carbocycles. The van der Waals surface area contributed by atoms with Crippen LogP contribution in [0.25, 0.3) is 0 Å². The fraction of sp³-hybridized carbons (Fsp3) is 0.667. The van der Waals surface area contributed by atoms with E-state index < -0.39 is 0 Å². The summed E-state index contributed by atoms with van der Waals surface area (Å²) in [6.45, 7) is 4.84. The highest BCUT2D eigenvalue weighted by molar-refractivity contribution is 5.79. The zero-order valence-electron chi connectivity index (χ0n) is 15.2. The molecular formula is C21H31N3O. The molecule has 4 rings (SSSR count). The summed E-state index contributed by atoms with van der Waals surface area (Å²) in [5.41, 5.74) is 8.79. The standard InChI is InChI=1S/C21H31N3O/c22-14-18-5-3-6-19(18)21(25)23-11-8-16(9-12-23)15-24-13-10-17-4-1-2-7-20(17)24/h1-2,4,7,16,18-19H,3,5-6,8-15,22H2/t18-,19-/m1/s1. The van der Waals surface area contributed by atoms with Crippen LogP contribution in [0.4, 0.5) is 5.69 Å². The third-order valence-corrected chi connectivity index (χ3v) is 6.67. The Balaban J connectivity index is 1.30. The van der Waals surface area contributed by atoms with Gasteiger partial charge in [0.2, 0.25) is 5.91 Å². The lowest BCUT2D eigenvalue weighted by molar-refractivity contribution is -0.138. The molecule has 0 aromatic heterocycles. The van der Waals surface area contributed by atoms with Crippen molar-refractivity contribution in [1.82, 2.24) is 4.90 Å². The number of anilines is 1. The number of nitrogens with zero attached hydrogens (tertiary/aromatic N) is 2. The molecule has 0 unspecified atom stereocenters. The van der Waals surface area contributed by atoms with Crippen LogP contribution in [0.1, 0.15) is 37.7 Å². The van der Waals surface area contributed by atoms with Gasteiger partial charge in [-0.3, -0.25) is 4.79 Å². The van der Waals surface area contributed by atoms with Crippen LogP contribution >= 0.6 is 0 Å². The van der Waals surface area contributed by atoms with Crippen molar-refractivity contribution in [3.8, 4) is 0 Å². The number of rotatable bonds is 4. The Kier molecular flexibility index (Phi) is 4.98. The highest BCUT2D eigenvalue weighted by Gasteiger charge is 2.36. The van der Waals surface area contributed by atoms with Gasteiger partial charge < -0.3 is 15.5 Å². The van der Waals surface area contributed by atoms with Crippen molar-refractivity contribution in [1.29, 1.82) is 0 Å². The lowest BCUT2D eigenvalue weighted by atomic mass is 9.91. The quantitative estimate of drug-likeness (QED) is 0.916. The first-order valence-electron chi connectivity index (χ1n) is 10.1. The molecular weight excluding hydrogens is 310 g/mol. The molecule has 0 spiro atoms. The van der Waals surface area contributed by atoms with E-state index in [1.165, 1.54) is 24.1 Å². The maximum Gasteiger partial charge on any atom is 0.226 e. The molecule has 1 saturated heterocycles. The molecule has 1 aromatic rings. The predicted molar refractivity (Wildman–Crippen MR) is 102 cm³/mol. The SMILES string of the molecule is NC[C@H]1CCC[C@H]1C(=O)N1CCC(CN2CCc3ccccc32)CC1. The summed E-state index contributed by atoms with van der Waals surface area (Å²) in [7, 11) is 0. The van der Waals surface area contributed by atoms with Gasteiger partial charge in [0.25, 0.3) is 0 Å². The van der Waals surface area contributed by atoms with Gasteiger partial charge in [0, 0.05) is 37.8 Å². The third-order valence-electron chi connectivity index (χ3n) is 6.67. The van der Waals surface area contributed by atoms with Gasteiger partial charge in [0.15, 0.2) is 0 Å². The highest BCUT2D eigenvalue weighted by atomic mass is 16.2. The van der Waals surface area contributed by atoms with Crippen LogP contribution in [-0.2, 0) is 11.2 Å². The predicted octanol–water partition coefficient (Wildman–Crippen LogP) is 2.66. The molecule has 2 atom stereocenters. The van der Waals surface area contributed by atoms with Gasteiger partial charge in [-0.05, 0) is 62.1 Å². The Labute approximate surface area is 151 Å². The lowest BCUT2D eigenvalue weighted by Gasteiger charge is -2.36. The van der Waals surface area contributed by atoms with Crippen molar-refractivity contribution in [2.75, 3.05) is 37.6 Å². The van der Waals surface area contributed by atoms with Crippen LogP contribution in [0.2, 0.25) is 0 Å². The van der Waals surface area contributed by atoms with Gasteiger partial charge in [-0.25, -0.2) is 0 Å². The van der Waals surface area contributed by atoms with Crippen molar-refractivity contribution >= 4 is 11.6 Å². The van der Waals surface area contributed by atoms with Crippen LogP contribution in [0.3, 0.4) is 0 Å². The van der Waals surface area contributed by atoms with E-state index in [-0.39, 0.29) is 5.92 Å². The van der Waals surface area contributed by atoms with E-state index in [9.17, 15) is 4.79 Å². The summed E-state index contributed by atoms with van der Waals surface area (Å²) in [4.78, 5) is 17.5. The molecule has 1 saturated carbocycles. The summed E-state index contributed by atoms with van der Waals surface area (Å²) >= 11 is 0. The van der Waals surface area contributed by atoms with Gasteiger partial charge >= 0.3 is 0 Å². The highest BCUT2D eigenvalue weighted by Crippen LogP contribution is 2.34. The first-order chi connectivity index (χ1) is 12.3. The average Bonchev–Trinajstić information content (AvgIpc) is 3.29. The number of carbonyl (C=O) groups is 1. The Morgan fingerprint density at radius 2 is 1.88 bits per heavy atom. The molecule has 0 radical (unpaired) electrons. The Morgan fingerprint density at radius 3 is 2.68 bits per heavy atom. The van der Waals surface area contributed by atoms with Crippen molar-refractivity contribution < 1.29 is 4.79 Å². The molecule has 0 bridgehead atoms. The minimum atomic E-state index is 0.201. The second-order valence-electron chi connectivity index (χ2n) is 8.13. The topological polar surface area (TPSA) is 49.6 Å². The van der Waals surface area contributed by atoms with E-state index in [0.717, 1.165) is 51.9 Å². The van der Waals surface area contributed by atoms with E-state index in [1.807, 2.05) is 0 Å². The molecule has 2 N–H and O–H groups in total. The molecule has 4 nitrogen and oxygen atoms in total. The van der Waals surface area contributed by atoms with Crippen LogP contribution in [-0.4, -0.2) is 43.5 Å². The third kappa shape index (κ3) is 3.41. The number of benzene rings is 1. The van der Waals surface area contributed by atoms with Gasteiger partial charge in [0.1, 0.15) is 0 Å². The number of hydrogen-bond donors (Lipinski definition) is 1. The maximum absolute atomic E-state index is 12.8. The van der Waals surface area contributed by atoms with Crippen molar-refractivity contribution in [3.05, 3.63) is 29.8 Å². The molecule has 2 fully saturated rings. The van der Waals surface area contributed by atoms with E-state index in [2.05, 4.69) is 34.1 Å². The lowest BCUT2D eigenvalue weighted by Crippen LogP contribution is -2.45. The second-order valence-corrected chi connectivity index (χ2v) is 8.13. The smallest absolute Gasteiger partial charge is 0.226 e. The van der Waals surface area contributed by atoms with E-state index >= 15 is 0 Å². The number of carbonyl (C=O) groups excluding carboxylic acids is 1. The summed E-state index contributed by atoms with van der Waals surface area (Å²) in [5.74, 6) is 1.72. The van der Waals surface area contributed by atoms with Crippen molar-refractivity contribution in [3.63, 3.8) is 0 Å². The normalized spacial score (nSPS) is 26.9. The van der Waals surface area contributed by atoms with Gasteiger partial charge in [-0.15, -0.1) is 0 Å². The molecule has 4 heteroatoms. The average molecular weight is 341 g/mol. The van der Waals surface area contributed by atoms with Crippen molar-refractivity contribution in [2.24, 2.45) is 23.5 Å². The number of piperidine rings is 1. The summed E-state index contributed by atoms with van der Waals surface area (Å²) < 4.78 is 0. The fourth-order valence-electron chi connectivity index (χ4n) is 5.12. The van der Waals surface area contributed by atoms with E-state index in [1.54, 1.807) is 0 Å². The van der Waals surface area contributed by atoms with Crippen LogP contribution in [0.15, 0.2) is 24.3 Å². The fourth-order valence-corrected chi connectivity index (χ4v) is 5.12. The summed E-state index contributed by atoms with van der Waals surface area (Å²) in [6.07, 6.45) is 6.82. The Hall–Kier alpha value is -1.55. The number of likely N-dealkylation sites (tertiary alicyclic amines) is 1. The number of hydrogen-bond acceptors (Lipinski definition) is 3. The molecule has 1 amide bonds. The Morgan fingerprint density at radius 1 is 1.08 bits per heavy atom. The van der Waals surface area contributed by atoms with Gasteiger partial charge in [0.05, 0.1) is 0 Å². The minimum Gasteiger partial charge on any atom is -0.371 e. The zero-order valence-corrected chi connectivity index (χ0v) is 15.2. The Bertz CT molecular complexity index is 609. The van der Waals surface area contributed by atoms with Gasteiger partial charge in [-0.1, -0.05) is 24.6 Å². The first-order valence-corrected chi connectivity index (χ1v) is 10.1. The molecule has 2 aliphatic heterocycles. The number of amides is 1.